The Hall–Kier alpha value is -3.69. The molecule has 2 fully saturated rings. The summed E-state index contributed by atoms with van der Waals surface area (Å²) in [4.78, 5) is 78.1. The zero-order chi connectivity index (χ0) is 55.1. The second-order valence-electron chi connectivity index (χ2n) is 19.2. The van der Waals surface area contributed by atoms with Gasteiger partial charge in [-0.05, 0) is 70.3 Å². The quantitative estimate of drug-likeness (QED) is 0.0224. The maximum atomic E-state index is 14.0. The van der Waals surface area contributed by atoms with Crippen LogP contribution >= 0.6 is 15.6 Å². The van der Waals surface area contributed by atoms with Crippen molar-refractivity contribution in [3.8, 4) is 0 Å². The number of Topliss-reactive ketones (excluding diaryl/α,β-unsaturated/α-hetero) is 1. The zero-order valence-electron chi connectivity index (χ0n) is 43.8. The number of aliphatic hydroxyl groups excluding tert-OH is 4. The van der Waals surface area contributed by atoms with E-state index in [1.54, 1.807) is 0 Å². The van der Waals surface area contributed by atoms with Crippen LogP contribution in [0.25, 0.3) is 0 Å². The number of phosphoric ester groups is 2. The molecule has 0 aliphatic carbocycles. The summed E-state index contributed by atoms with van der Waals surface area (Å²) in [6, 6.07) is 1.24. The van der Waals surface area contributed by atoms with Gasteiger partial charge in [0.1, 0.15) is 36.6 Å². The molecule has 2 aliphatic heterocycles. The van der Waals surface area contributed by atoms with Crippen molar-refractivity contribution in [1.82, 2.24) is 9.55 Å². The van der Waals surface area contributed by atoms with E-state index in [0.717, 1.165) is 62.4 Å². The molecule has 0 amide bonds. The number of esters is 2. The Morgan fingerprint density at radius 1 is 0.840 bits per heavy atom. The largest absolute Gasteiger partial charge is 0.481 e. The molecule has 3 heterocycles. The molecule has 11 atom stereocenters. The van der Waals surface area contributed by atoms with E-state index in [1.165, 1.54) is 43.7 Å². The molecule has 2 aliphatic rings. The van der Waals surface area contributed by atoms with Crippen molar-refractivity contribution in [2.75, 3.05) is 25.6 Å². The molecule has 0 aromatic carbocycles. The molecule has 1 aromatic rings. The van der Waals surface area contributed by atoms with E-state index in [1.807, 2.05) is 6.92 Å². The third kappa shape index (κ3) is 27.0. The number of hydrogen-bond acceptors (Lipinski definition) is 18. The molecule has 1 aromatic heterocycles. The number of carbonyl (C=O) groups is 3. The average molecular weight is 1100 g/mol. The Morgan fingerprint density at radius 3 is 2.15 bits per heavy atom. The van der Waals surface area contributed by atoms with E-state index in [-0.39, 0.29) is 31.5 Å². The first-order valence-electron chi connectivity index (χ1n) is 26.8. The molecule has 426 valence electrons. The third-order valence-electron chi connectivity index (χ3n) is 12.8. The summed E-state index contributed by atoms with van der Waals surface area (Å²) in [6.45, 7) is 1.45. The van der Waals surface area contributed by atoms with E-state index in [4.69, 9.17) is 29.0 Å². The molecular weight excluding hydrogens is 1020 g/mol. The first-order chi connectivity index (χ1) is 35.9. The highest BCUT2D eigenvalue weighted by Crippen LogP contribution is 2.60. The molecule has 23 heteroatoms. The number of anilines is 1. The van der Waals surface area contributed by atoms with Crippen LogP contribution in [-0.2, 0) is 51.1 Å². The number of carbonyl (C=O) groups excluding carboxylic acids is 3. The number of allylic oxidation sites excluding steroid dienone is 6. The maximum absolute atomic E-state index is 14.0. The lowest BCUT2D eigenvalue weighted by Crippen LogP contribution is -2.51. The van der Waals surface area contributed by atoms with Crippen LogP contribution in [0.3, 0.4) is 0 Å². The Kier molecular flexibility index (Phi) is 31.8. The van der Waals surface area contributed by atoms with Gasteiger partial charge in [-0.25, -0.2) is 13.9 Å². The van der Waals surface area contributed by atoms with Crippen molar-refractivity contribution in [3.63, 3.8) is 0 Å². The molecule has 75 heavy (non-hydrogen) atoms. The SMILES string of the molecule is CCCCC/C=C\C/C=C\C/C=C\CCCCCCC(=O)OC[C@@H]1COP(=O)(O)OP(=O)(O)OC[C@H]2O[C@@H](n3ccc(N)nc3=O)[C@@H](CCCCCCC(=O)O1)[C@@H](O)CC(=O)[C@H](/C=C/[C@@H](O)CCCCC)[C@H](O)[C@@H]2O. The molecule has 2 saturated heterocycles. The minimum Gasteiger partial charge on any atom is -0.462 e. The lowest BCUT2D eigenvalue weighted by Gasteiger charge is -2.39. The molecule has 2 bridgehead atoms. The van der Waals surface area contributed by atoms with Gasteiger partial charge in [-0.15, -0.1) is 0 Å². The monoisotopic (exact) mass is 1100 g/mol. The number of cyclic esters (lactones) is 1. The fourth-order valence-corrected chi connectivity index (χ4v) is 10.6. The smallest absolute Gasteiger partial charge is 0.462 e. The summed E-state index contributed by atoms with van der Waals surface area (Å²) >= 11 is 0. The number of nitrogens with two attached hydrogens (primary N) is 1. The number of fused-ring (bicyclic) bond motifs is 3. The number of ether oxygens (including phenoxy) is 3. The van der Waals surface area contributed by atoms with Gasteiger partial charge in [-0.2, -0.15) is 9.29 Å². The van der Waals surface area contributed by atoms with Gasteiger partial charge in [0.25, 0.3) is 0 Å². The number of aromatic nitrogens is 2. The lowest BCUT2D eigenvalue weighted by molar-refractivity contribution is -0.188. The molecular formula is C52H85N3O18P2. The molecule has 21 nitrogen and oxygen atoms in total. The number of ketones is 1. The summed E-state index contributed by atoms with van der Waals surface area (Å²) in [5.41, 5.74) is 4.78. The first-order valence-corrected chi connectivity index (χ1v) is 29.7. The van der Waals surface area contributed by atoms with Crippen LogP contribution in [0.2, 0.25) is 0 Å². The van der Waals surface area contributed by atoms with Crippen molar-refractivity contribution in [1.29, 1.82) is 0 Å². The Bertz CT molecular complexity index is 2120. The number of aliphatic hydroxyl groups is 4. The molecule has 0 radical (unpaired) electrons. The van der Waals surface area contributed by atoms with E-state index in [9.17, 15) is 58.5 Å². The topological polar surface area (TPSA) is 323 Å². The molecule has 2 unspecified atom stereocenters. The van der Waals surface area contributed by atoms with Crippen molar-refractivity contribution in [2.45, 2.75) is 204 Å². The number of nitrogen functional groups attached to an aromatic ring is 1. The molecule has 0 saturated carbocycles. The highest BCUT2D eigenvalue weighted by Gasteiger charge is 2.45. The van der Waals surface area contributed by atoms with Gasteiger partial charge >= 0.3 is 33.3 Å². The highest BCUT2D eigenvalue weighted by atomic mass is 31.3. The number of phosphoric acid groups is 2. The van der Waals surface area contributed by atoms with Gasteiger partial charge in [0, 0.05) is 31.4 Å². The third-order valence-corrected chi connectivity index (χ3v) is 15.4. The predicted molar refractivity (Wildman–Crippen MR) is 280 cm³/mol. The second kappa shape index (κ2) is 36.4. The zero-order valence-corrected chi connectivity index (χ0v) is 45.6. The first kappa shape index (κ1) is 65.6. The Morgan fingerprint density at radius 2 is 1.47 bits per heavy atom. The van der Waals surface area contributed by atoms with Gasteiger partial charge in [-0.3, -0.25) is 28.0 Å². The van der Waals surface area contributed by atoms with E-state index < -0.39 is 120 Å². The van der Waals surface area contributed by atoms with Crippen LogP contribution in [0.15, 0.2) is 65.7 Å². The highest BCUT2D eigenvalue weighted by molar-refractivity contribution is 7.61. The van der Waals surface area contributed by atoms with Crippen molar-refractivity contribution in [2.24, 2.45) is 11.8 Å². The maximum Gasteiger partial charge on any atom is 0.481 e. The van der Waals surface area contributed by atoms with Gasteiger partial charge in [0.2, 0.25) is 0 Å². The van der Waals surface area contributed by atoms with E-state index in [2.05, 4.69) is 52.7 Å². The molecule has 3 rings (SSSR count). The summed E-state index contributed by atoms with van der Waals surface area (Å²) < 4.78 is 59.0. The fraction of sp³-hybridized carbons (Fsp3) is 0.712. The molecule has 8 N–H and O–H groups in total. The van der Waals surface area contributed by atoms with Gasteiger partial charge in [0.15, 0.2) is 6.10 Å². The molecule has 0 spiro atoms. The van der Waals surface area contributed by atoms with Crippen molar-refractivity contribution >= 4 is 39.2 Å². The van der Waals surface area contributed by atoms with Crippen LogP contribution in [-0.4, -0.2) is 114 Å². The summed E-state index contributed by atoms with van der Waals surface area (Å²) in [7, 11) is -11.3. The van der Waals surface area contributed by atoms with Crippen molar-refractivity contribution < 1.29 is 81.3 Å². The minimum atomic E-state index is -5.72. The summed E-state index contributed by atoms with van der Waals surface area (Å²) in [5.74, 6) is -5.06. The van der Waals surface area contributed by atoms with Gasteiger partial charge < -0.3 is 50.2 Å². The van der Waals surface area contributed by atoms with Gasteiger partial charge in [0.05, 0.1) is 37.4 Å². The van der Waals surface area contributed by atoms with Gasteiger partial charge in [-0.1, -0.05) is 127 Å². The van der Waals surface area contributed by atoms with Crippen LogP contribution in [0.5, 0.6) is 0 Å². The number of hydrogen-bond donors (Lipinski definition) is 7. The van der Waals surface area contributed by atoms with E-state index >= 15 is 0 Å². The summed E-state index contributed by atoms with van der Waals surface area (Å²) in [5, 5.41) is 45.7. The Labute approximate surface area is 441 Å². The number of rotatable bonds is 24. The van der Waals surface area contributed by atoms with E-state index in [0.29, 0.717) is 38.5 Å². The number of unbranched alkanes of at least 4 members (excludes halogenated alkanes) is 9. The van der Waals surface area contributed by atoms with Crippen LogP contribution in [0, 0.1) is 11.8 Å². The van der Waals surface area contributed by atoms with Crippen molar-refractivity contribution in [3.05, 3.63) is 71.4 Å². The average Bonchev–Trinajstić information content (AvgIpc) is 3.35. The summed E-state index contributed by atoms with van der Waals surface area (Å²) in [6.07, 6.45) is 19.0. The minimum absolute atomic E-state index is 0.0522. The normalized spacial score (nSPS) is 29.0. The van der Waals surface area contributed by atoms with Crippen LogP contribution < -0.4 is 11.4 Å². The predicted octanol–water partition coefficient (Wildman–Crippen LogP) is 7.92. The van der Waals surface area contributed by atoms with Crippen LogP contribution in [0.4, 0.5) is 5.82 Å². The standard InChI is InChI=1S/C52H85N3O18P2/c1-3-5-7-8-9-10-11-12-13-14-15-16-17-18-19-20-25-29-47(59)68-36-40-37-69-74(64,65)73-75(66,67)70-38-45-50(62)49(61)41(32-31-39(56)27-23-6-4-2)43(57)35-44(58)42(28-24-21-22-26-30-48(60)71-40)51(72-45)55-34-33-46(53)54-52(55)63/h9-10,12-13,15-16,31-34,39-42,44-45,49-51,56,58,61-62H,3-8,11,14,17-30,35-38H2,1-2H3,(H,64,65)(H,66,67)(H2,53,54,63)/b10-9-,13-12-,16-15-,32-31+/t39-,40+,41-,42-,44-,45+,49-,50+,51+/m0/s1. The van der Waals surface area contributed by atoms with Crippen LogP contribution in [0.1, 0.15) is 168 Å². The number of nitrogens with zero attached hydrogens (tertiary/aromatic N) is 2. The second-order valence-corrected chi connectivity index (χ2v) is 22.2. The fourth-order valence-electron chi connectivity index (χ4n) is 8.52. The Balaban J connectivity index is 1.73. The lowest BCUT2D eigenvalue weighted by atomic mass is 9.83.